The maximum absolute atomic E-state index is 13.5. The van der Waals surface area contributed by atoms with Crippen LogP contribution in [0.4, 0.5) is 28.3 Å². The molecule has 2 aromatic heterocycles. The van der Waals surface area contributed by atoms with Gasteiger partial charge in [-0.05, 0) is 72.5 Å². The molecule has 0 spiro atoms. The fraction of sp³-hybridized carbons (Fsp3) is 0.342. The summed E-state index contributed by atoms with van der Waals surface area (Å²) >= 11 is 0. The van der Waals surface area contributed by atoms with Crippen molar-refractivity contribution < 1.29 is 14.7 Å². The molecule has 0 saturated carbocycles. The highest BCUT2D eigenvalue weighted by Gasteiger charge is 2.24. The van der Waals surface area contributed by atoms with Crippen molar-refractivity contribution >= 4 is 46.6 Å². The Balaban J connectivity index is 1.27. The Morgan fingerprint density at radius 3 is 2.34 bits per heavy atom. The van der Waals surface area contributed by atoms with E-state index in [-0.39, 0.29) is 17.8 Å². The molecule has 0 bridgehead atoms. The lowest BCUT2D eigenvalue weighted by Crippen LogP contribution is -2.47. The quantitative estimate of drug-likeness (QED) is 0.142. The van der Waals surface area contributed by atoms with Gasteiger partial charge in [0.05, 0.1) is 29.2 Å². The van der Waals surface area contributed by atoms with Gasteiger partial charge < -0.3 is 35.4 Å². The fourth-order valence-electron chi connectivity index (χ4n) is 6.20. The first-order valence-electron chi connectivity index (χ1n) is 17.4. The maximum atomic E-state index is 13.5. The van der Waals surface area contributed by atoms with Crippen LogP contribution in [0, 0.1) is 25.2 Å². The Hall–Kier alpha value is -6.27. The molecule has 1 fully saturated rings. The third-order valence-electron chi connectivity index (χ3n) is 9.30. The molecule has 2 amide bonds. The molecule has 15 nitrogen and oxygen atoms in total. The van der Waals surface area contributed by atoms with Crippen LogP contribution in [-0.4, -0.2) is 110 Å². The minimum Gasteiger partial charge on any atom is -0.465 e. The van der Waals surface area contributed by atoms with Crippen LogP contribution in [-0.2, 0) is 24.3 Å². The molecule has 1 atom stereocenters. The molecule has 15 heteroatoms. The number of benzene rings is 3. The topological polar surface area (TPSA) is 183 Å². The van der Waals surface area contributed by atoms with E-state index in [0.717, 1.165) is 33.7 Å². The van der Waals surface area contributed by atoms with Gasteiger partial charge in [0.1, 0.15) is 11.9 Å². The second-order valence-electron chi connectivity index (χ2n) is 13.6. The molecule has 3 heterocycles. The van der Waals surface area contributed by atoms with E-state index in [9.17, 15) is 20.0 Å². The Bertz CT molecular complexity index is 2100. The number of aryl methyl sites for hydroxylation is 2. The van der Waals surface area contributed by atoms with Crippen LogP contribution in [0.3, 0.4) is 0 Å². The molecule has 0 aliphatic carbocycles. The third kappa shape index (κ3) is 9.16. The zero-order valence-electron chi connectivity index (χ0n) is 30.6. The summed E-state index contributed by atoms with van der Waals surface area (Å²) < 4.78 is 0. The Kier molecular flexibility index (Phi) is 11.0. The molecule has 5 aromatic rings. The summed E-state index contributed by atoms with van der Waals surface area (Å²) in [6.45, 7) is 7.44. The number of likely N-dealkylation sites (N-methyl/N-ethyl adjacent to an activating group) is 1. The zero-order valence-corrected chi connectivity index (χ0v) is 30.6. The molecule has 0 unspecified atom stereocenters. The lowest BCUT2D eigenvalue weighted by molar-refractivity contribution is -0.129. The molecule has 53 heavy (non-hydrogen) atoms. The van der Waals surface area contributed by atoms with E-state index in [1.165, 1.54) is 20.9 Å². The molecule has 1 aliphatic heterocycles. The zero-order chi connectivity index (χ0) is 37.6. The van der Waals surface area contributed by atoms with Crippen LogP contribution in [0.5, 0.6) is 0 Å². The number of nitrogens with one attached hydrogen (secondary N) is 3. The van der Waals surface area contributed by atoms with Crippen LogP contribution in [0.25, 0.3) is 11.0 Å². The summed E-state index contributed by atoms with van der Waals surface area (Å²) in [5.74, 6) is 1.43. The first-order valence-corrected chi connectivity index (χ1v) is 17.4. The molecule has 1 saturated heterocycles. The number of hydrogen-bond acceptors (Lipinski definition) is 11. The molecule has 4 N–H and O–H groups in total. The van der Waals surface area contributed by atoms with E-state index in [0.29, 0.717) is 57.2 Å². The average Bonchev–Trinajstić information content (AvgIpc) is 3.52. The van der Waals surface area contributed by atoms with Crippen molar-refractivity contribution in [3.8, 4) is 6.07 Å². The number of H-pyrrole nitrogens is 1. The van der Waals surface area contributed by atoms with E-state index in [1.807, 2.05) is 48.3 Å². The Morgan fingerprint density at radius 2 is 1.64 bits per heavy atom. The number of carbonyl (C=O) groups is 2. The summed E-state index contributed by atoms with van der Waals surface area (Å²) in [5.41, 5.74) is 7.41. The van der Waals surface area contributed by atoms with Crippen molar-refractivity contribution in [2.24, 2.45) is 0 Å². The van der Waals surface area contributed by atoms with Crippen LogP contribution in [0.15, 0.2) is 60.7 Å². The minimum atomic E-state index is -0.888. The van der Waals surface area contributed by atoms with Crippen LogP contribution in [0.2, 0.25) is 0 Å². The van der Waals surface area contributed by atoms with Gasteiger partial charge in [-0.25, -0.2) is 9.78 Å². The number of fused-ring (bicyclic) bond motifs is 1. The van der Waals surface area contributed by atoms with Gasteiger partial charge >= 0.3 is 6.09 Å². The fourth-order valence-corrected chi connectivity index (χ4v) is 6.20. The van der Waals surface area contributed by atoms with Crippen molar-refractivity contribution in [3.05, 3.63) is 94.3 Å². The lowest BCUT2D eigenvalue weighted by atomic mass is 10.0. The second kappa shape index (κ2) is 16.0. The molecular weight excluding hydrogens is 672 g/mol. The largest absolute Gasteiger partial charge is 0.465 e. The molecule has 3 aromatic carbocycles. The van der Waals surface area contributed by atoms with Gasteiger partial charge in [-0.1, -0.05) is 24.3 Å². The minimum absolute atomic E-state index is 0.163. The van der Waals surface area contributed by atoms with E-state index in [1.54, 1.807) is 26.2 Å². The highest BCUT2D eigenvalue weighted by molar-refractivity contribution is 5.84. The standard InChI is InChI=1S/C38H44N12O3/c1-24-17-30-31(18-25(24)2)42-33(41-30)23-48(5)37-45-35(40-29-8-6-7-28(19-29)22-49-13-15-50(16-14-49)38(52)53)44-36(46-37)43-32(34(51)47(3)4)20-26-9-11-27(21-39)12-10-26/h6-12,17-19,32H,13-16,20,22-23H2,1-5H3,(H,41,42)(H,52,53)(H2,40,43,44,45,46)/t32-/m0/s1. The van der Waals surface area contributed by atoms with Gasteiger partial charge in [0.2, 0.25) is 23.8 Å². The average molecular weight is 717 g/mol. The normalized spacial score (nSPS) is 13.7. The van der Waals surface area contributed by atoms with Crippen molar-refractivity contribution in [2.75, 3.05) is 62.9 Å². The number of amides is 2. The summed E-state index contributed by atoms with van der Waals surface area (Å²) in [6, 6.07) is 20.6. The van der Waals surface area contributed by atoms with Gasteiger partial charge in [0.25, 0.3) is 0 Å². The van der Waals surface area contributed by atoms with Gasteiger partial charge in [-0.3, -0.25) is 9.69 Å². The highest BCUT2D eigenvalue weighted by atomic mass is 16.4. The number of anilines is 4. The number of rotatable bonds is 12. The number of aromatic amines is 1. The van der Waals surface area contributed by atoms with Gasteiger partial charge in [-0.2, -0.15) is 20.2 Å². The number of aromatic nitrogens is 5. The van der Waals surface area contributed by atoms with Crippen molar-refractivity contribution in [2.45, 2.75) is 39.4 Å². The summed E-state index contributed by atoms with van der Waals surface area (Å²) in [7, 11) is 5.27. The number of carbonyl (C=O) groups excluding carboxylic acids is 1. The van der Waals surface area contributed by atoms with E-state index in [4.69, 9.17) is 19.9 Å². The number of piperazine rings is 1. The number of imidazole rings is 1. The Labute approximate surface area is 308 Å². The van der Waals surface area contributed by atoms with Crippen LogP contribution >= 0.6 is 0 Å². The summed E-state index contributed by atoms with van der Waals surface area (Å²) in [5, 5.41) is 25.2. The van der Waals surface area contributed by atoms with Crippen LogP contribution < -0.4 is 15.5 Å². The van der Waals surface area contributed by atoms with Crippen molar-refractivity contribution in [1.82, 2.24) is 39.6 Å². The summed E-state index contributed by atoms with van der Waals surface area (Å²) in [4.78, 5) is 54.3. The third-order valence-corrected chi connectivity index (χ3v) is 9.30. The van der Waals surface area contributed by atoms with Crippen molar-refractivity contribution in [3.63, 3.8) is 0 Å². The maximum Gasteiger partial charge on any atom is 0.407 e. The number of nitrogens with zero attached hydrogens (tertiary/aromatic N) is 9. The number of carboxylic acid groups (broad SMARTS) is 1. The first-order chi connectivity index (χ1) is 25.4. The van der Waals surface area contributed by atoms with E-state index in [2.05, 4.69) is 52.6 Å². The number of hydrogen-bond donors (Lipinski definition) is 4. The molecule has 0 radical (unpaired) electrons. The van der Waals surface area contributed by atoms with Crippen molar-refractivity contribution in [1.29, 1.82) is 5.26 Å². The lowest BCUT2D eigenvalue weighted by Gasteiger charge is -2.33. The predicted molar refractivity (Wildman–Crippen MR) is 203 cm³/mol. The monoisotopic (exact) mass is 716 g/mol. The molecule has 1 aliphatic rings. The van der Waals surface area contributed by atoms with E-state index < -0.39 is 12.1 Å². The molecular formula is C38H44N12O3. The first kappa shape index (κ1) is 36.5. The van der Waals surface area contributed by atoms with Gasteiger partial charge in [0, 0.05) is 66.0 Å². The summed E-state index contributed by atoms with van der Waals surface area (Å²) in [6.07, 6.45) is -0.551. The van der Waals surface area contributed by atoms with E-state index >= 15 is 0 Å². The van der Waals surface area contributed by atoms with Crippen LogP contribution in [0.1, 0.15) is 33.6 Å². The smallest absolute Gasteiger partial charge is 0.407 e. The Morgan fingerprint density at radius 1 is 0.925 bits per heavy atom. The molecule has 274 valence electrons. The molecule has 6 rings (SSSR count). The van der Waals surface area contributed by atoms with Gasteiger partial charge in [0.15, 0.2) is 0 Å². The number of nitriles is 1. The highest BCUT2D eigenvalue weighted by Crippen LogP contribution is 2.23. The van der Waals surface area contributed by atoms with Gasteiger partial charge in [-0.15, -0.1) is 0 Å². The predicted octanol–water partition coefficient (Wildman–Crippen LogP) is 4.52. The second-order valence-corrected chi connectivity index (χ2v) is 13.6. The SMILES string of the molecule is Cc1cc2nc(CN(C)c3nc(Nc4cccc(CN5CCN(C(=O)O)CC5)c4)nc(N[C@@H](Cc4ccc(C#N)cc4)C(=O)N(C)C)n3)[nH]c2cc1C.